The molecule has 3 nitrogen and oxygen atoms in total. The Morgan fingerprint density at radius 2 is 1.80 bits per heavy atom. The Morgan fingerprint density at radius 1 is 1.20 bits per heavy atom. The van der Waals surface area contributed by atoms with Crippen LogP contribution in [0.5, 0.6) is 0 Å². The van der Waals surface area contributed by atoms with Crippen LogP contribution < -0.4 is 0 Å². The predicted octanol–water partition coefficient (Wildman–Crippen LogP) is 2.72. The van der Waals surface area contributed by atoms with Gasteiger partial charge in [-0.15, -0.1) is 0 Å². The molecule has 1 heterocycles. The fourth-order valence-corrected chi connectivity index (χ4v) is 3.62. The number of amides is 1. The molecular weight excluding hydrogens is 277 g/mol. The number of nitrogens with zero attached hydrogens (tertiary/aromatic N) is 1. The molecule has 1 aliphatic heterocycles. The summed E-state index contributed by atoms with van der Waals surface area (Å²) in [6.07, 6.45) is 4.25. The molecule has 0 N–H and O–H groups in total. The molecule has 1 fully saturated rings. The van der Waals surface area contributed by atoms with Gasteiger partial charge in [0.2, 0.25) is 5.91 Å². The van der Waals surface area contributed by atoms with Crippen molar-refractivity contribution >= 4 is 16.7 Å². The maximum Gasteiger partial charge on any atom is 0.238 e. The topological polar surface area (TPSA) is 37.4 Å². The van der Waals surface area contributed by atoms with E-state index in [4.69, 9.17) is 0 Å². The van der Waals surface area contributed by atoms with Crippen LogP contribution in [0, 0.1) is 5.82 Å². The lowest BCUT2D eigenvalue weighted by Gasteiger charge is -2.23. The van der Waals surface area contributed by atoms with E-state index in [1.807, 2.05) is 0 Å². The highest BCUT2D eigenvalue weighted by Crippen LogP contribution is 2.18. The second kappa shape index (κ2) is 6.97. The Balaban J connectivity index is 2.10. The summed E-state index contributed by atoms with van der Waals surface area (Å²) in [6, 6.07) is 5.95. The van der Waals surface area contributed by atoms with E-state index in [2.05, 4.69) is 0 Å². The van der Waals surface area contributed by atoms with Crippen molar-refractivity contribution in [2.75, 3.05) is 13.1 Å². The number of halogens is 1. The lowest BCUT2D eigenvalue weighted by molar-refractivity contribution is -0.130. The molecule has 1 amide bonds. The molecule has 1 aliphatic rings. The molecular formula is C15H20FNO2S. The highest BCUT2D eigenvalue weighted by atomic mass is 32.2. The van der Waals surface area contributed by atoms with E-state index in [-0.39, 0.29) is 10.8 Å². The number of carbonyl (C=O) groups is 1. The van der Waals surface area contributed by atoms with Crippen molar-refractivity contribution in [1.82, 2.24) is 4.90 Å². The van der Waals surface area contributed by atoms with Gasteiger partial charge in [0.05, 0.1) is 15.7 Å². The molecule has 1 aromatic rings. The summed E-state index contributed by atoms with van der Waals surface area (Å²) in [4.78, 5) is 14.3. The summed E-state index contributed by atoms with van der Waals surface area (Å²) in [5.74, 6) is -0.644. The fourth-order valence-electron chi connectivity index (χ4n) is 2.44. The van der Waals surface area contributed by atoms with Gasteiger partial charge >= 0.3 is 0 Å². The Hall–Kier alpha value is -1.23. The Labute approximate surface area is 121 Å². The van der Waals surface area contributed by atoms with Gasteiger partial charge in [-0.2, -0.15) is 0 Å². The van der Waals surface area contributed by atoms with Crippen molar-refractivity contribution in [3.05, 3.63) is 30.1 Å². The van der Waals surface area contributed by atoms with Gasteiger partial charge in [-0.25, -0.2) is 4.39 Å². The highest BCUT2D eigenvalue weighted by Gasteiger charge is 2.28. The Morgan fingerprint density at radius 3 is 2.40 bits per heavy atom. The molecule has 1 saturated heterocycles. The van der Waals surface area contributed by atoms with E-state index >= 15 is 0 Å². The maximum absolute atomic E-state index is 13.7. The number of likely N-dealkylation sites (tertiary alicyclic amines) is 1. The van der Waals surface area contributed by atoms with E-state index < -0.39 is 21.9 Å². The molecule has 20 heavy (non-hydrogen) atoms. The van der Waals surface area contributed by atoms with E-state index in [1.165, 1.54) is 12.1 Å². The third-order valence-electron chi connectivity index (χ3n) is 3.64. The van der Waals surface area contributed by atoms with E-state index in [9.17, 15) is 13.4 Å². The van der Waals surface area contributed by atoms with Gasteiger partial charge < -0.3 is 4.90 Å². The first-order valence-corrected chi connectivity index (χ1v) is 8.26. The first-order chi connectivity index (χ1) is 9.61. The lowest BCUT2D eigenvalue weighted by atomic mass is 10.2. The zero-order valence-electron chi connectivity index (χ0n) is 11.7. The van der Waals surface area contributed by atoms with Crippen LogP contribution in [0.15, 0.2) is 29.2 Å². The van der Waals surface area contributed by atoms with Crippen molar-refractivity contribution in [1.29, 1.82) is 0 Å². The summed E-state index contributed by atoms with van der Waals surface area (Å²) in [6.45, 7) is 3.06. The molecule has 0 aliphatic carbocycles. The van der Waals surface area contributed by atoms with E-state index in [0.29, 0.717) is 0 Å². The average Bonchev–Trinajstić information content (AvgIpc) is 2.74. The number of hydrogen-bond donors (Lipinski definition) is 0. The third kappa shape index (κ3) is 3.45. The van der Waals surface area contributed by atoms with Crippen LogP contribution >= 0.6 is 0 Å². The summed E-state index contributed by atoms with van der Waals surface area (Å²) in [5, 5.41) is -0.704. The minimum absolute atomic E-state index is 0.114. The number of carbonyl (C=O) groups excluding carboxylic acids is 1. The highest BCUT2D eigenvalue weighted by molar-refractivity contribution is 7.86. The van der Waals surface area contributed by atoms with Gasteiger partial charge in [0.15, 0.2) is 0 Å². The molecule has 2 rings (SSSR count). The van der Waals surface area contributed by atoms with Crippen molar-refractivity contribution in [3.63, 3.8) is 0 Å². The van der Waals surface area contributed by atoms with Crippen LogP contribution in [-0.4, -0.2) is 33.4 Å². The number of hydrogen-bond acceptors (Lipinski definition) is 2. The van der Waals surface area contributed by atoms with Crippen LogP contribution in [0.1, 0.15) is 32.6 Å². The molecule has 110 valence electrons. The van der Waals surface area contributed by atoms with Gasteiger partial charge in [-0.1, -0.05) is 25.0 Å². The molecule has 2 unspecified atom stereocenters. The molecule has 5 heteroatoms. The molecule has 0 spiro atoms. The van der Waals surface area contributed by atoms with Crippen LogP contribution in [-0.2, 0) is 15.6 Å². The van der Waals surface area contributed by atoms with Crippen molar-refractivity contribution < 1.29 is 13.4 Å². The SMILES string of the molecule is CC(C(=O)N1CCCCCC1)S(=O)c1ccccc1F. The summed E-state index contributed by atoms with van der Waals surface area (Å²) >= 11 is 0. The van der Waals surface area contributed by atoms with Crippen LogP contribution in [0.3, 0.4) is 0 Å². The standard InChI is InChI=1S/C15H20FNO2S/c1-12(15(18)17-10-6-2-3-7-11-17)20(19)14-9-5-4-8-13(14)16/h4-5,8-9,12H,2-3,6-7,10-11H2,1H3. The minimum atomic E-state index is -1.64. The molecule has 0 aromatic heterocycles. The zero-order chi connectivity index (χ0) is 14.5. The summed E-state index contributed by atoms with van der Waals surface area (Å²) < 4.78 is 26.0. The van der Waals surface area contributed by atoms with E-state index in [0.717, 1.165) is 38.8 Å². The molecule has 1 aromatic carbocycles. The quantitative estimate of drug-likeness (QED) is 0.860. The van der Waals surface area contributed by atoms with Crippen molar-refractivity contribution in [2.24, 2.45) is 0 Å². The zero-order valence-corrected chi connectivity index (χ0v) is 12.5. The molecule has 2 atom stereocenters. The monoisotopic (exact) mass is 297 g/mol. The van der Waals surface area contributed by atoms with Crippen molar-refractivity contribution in [3.8, 4) is 0 Å². The van der Waals surface area contributed by atoms with Crippen LogP contribution in [0.25, 0.3) is 0 Å². The molecule has 0 saturated carbocycles. The minimum Gasteiger partial charge on any atom is -0.342 e. The molecule has 0 radical (unpaired) electrons. The normalized spacial score (nSPS) is 19.2. The first kappa shape index (κ1) is 15.2. The summed E-state index contributed by atoms with van der Waals surface area (Å²) in [7, 11) is -1.64. The smallest absolute Gasteiger partial charge is 0.238 e. The van der Waals surface area contributed by atoms with E-state index in [1.54, 1.807) is 24.0 Å². The maximum atomic E-state index is 13.7. The number of rotatable bonds is 3. The summed E-state index contributed by atoms with van der Waals surface area (Å²) in [5.41, 5.74) is 0. The Bertz CT molecular complexity index is 498. The van der Waals surface area contributed by atoms with Gasteiger partial charge in [-0.3, -0.25) is 9.00 Å². The average molecular weight is 297 g/mol. The van der Waals surface area contributed by atoms with Crippen LogP contribution in [0.4, 0.5) is 4.39 Å². The lowest BCUT2D eigenvalue weighted by Crippen LogP contribution is -2.40. The first-order valence-electron chi connectivity index (χ1n) is 7.05. The second-order valence-electron chi connectivity index (χ2n) is 5.11. The van der Waals surface area contributed by atoms with Gasteiger partial charge in [0, 0.05) is 13.1 Å². The fraction of sp³-hybridized carbons (Fsp3) is 0.533. The van der Waals surface area contributed by atoms with Crippen LogP contribution in [0.2, 0.25) is 0 Å². The van der Waals surface area contributed by atoms with Gasteiger partial charge in [-0.05, 0) is 31.9 Å². The van der Waals surface area contributed by atoms with Crippen molar-refractivity contribution in [2.45, 2.75) is 42.8 Å². The largest absolute Gasteiger partial charge is 0.342 e. The molecule has 0 bridgehead atoms. The Kier molecular flexibility index (Phi) is 5.29. The second-order valence-corrected chi connectivity index (χ2v) is 6.85. The predicted molar refractivity (Wildman–Crippen MR) is 77.3 cm³/mol. The number of benzene rings is 1. The van der Waals surface area contributed by atoms with Gasteiger partial charge in [0.1, 0.15) is 11.1 Å². The third-order valence-corrected chi connectivity index (χ3v) is 5.25. The van der Waals surface area contributed by atoms with Gasteiger partial charge in [0.25, 0.3) is 0 Å².